The van der Waals surface area contributed by atoms with Crippen LogP contribution in [0.2, 0.25) is 0 Å². The number of halogens is 3. The first kappa shape index (κ1) is 12.1. The largest absolute Gasteiger partial charge is 0.323 e. The van der Waals surface area contributed by atoms with Crippen molar-refractivity contribution in [3.8, 4) is 0 Å². The molecule has 18 heavy (non-hydrogen) atoms. The van der Waals surface area contributed by atoms with Crippen molar-refractivity contribution in [1.29, 1.82) is 0 Å². The molecule has 0 bridgehead atoms. The zero-order chi connectivity index (χ0) is 12.9. The molecule has 0 aromatic heterocycles. The van der Waals surface area contributed by atoms with Crippen molar-refractivity contribution in [1.82, 2.24) is 0 Å². The summed E-state index contributed by atoms with van der Waals surface area (Å²) in [6, 6.07) is 2.03. The molecule has 2 aliphatic rings. The standard InChI is InChI=1S/C13H12BrF2NO/c14-9-4-11(16)12(5-10(9)15)17-13(18)8-2-6-1-7(6)3-8/h4-8H,1-3H2,(H,17,18). The van der Waals surface area contributed by atoms with Gasteiger partial charge in [0.25, 0.3) is 0 Å². The molecule has 0 radical (unpaired) electrons. The van der Waals surface area contributed by atoms with Gasteiger partial charge < -0.3 is 5.32 Å². The molecule has 5 heteroatoms. The summed E-state index contributed by atoms with van der Waals surface area (Å²) in [5, 5.41) is 2.49. The minimum absolute atomic E-state index is 0.0418. The highest BCUT2D eigenvalue weighted by atomic mass is 79.9. The summed E-state index contributed by atoms with van der Waals surface area (Å²) in [6.07, 6.45) is 3.00. The second kappa shape index (κ2) is 4.30. The summed E-state index contributed by atoms with van der Waals surface area (Å²) in [6.45, 7) is 0. The molecule has 0 heterocycles. The van der Waals surface area contributed by atoms with Crippen LogP contribution < -0.4 is 5.32 Å². The van der Waals surface area contributed by atoms with Gasteiger partial charge in [0.15, 0.2) is 0 Å². The molecule has 0 aliphatic heterocycles. The fraction of sp³-hybridized carbons (Fsp3) is 0.462. The predicted octanol–water partition coefficient (Wildman–Crippen LogP) is 3.71. The first-order valence-electron chi connectivity index (χ1n) is 6.00. The van der Waals surface area contributed by atoms with Crippen LogP contribution in [0.1, 0.15) is 19.3 Å². The van der Waals surface area contributed by atoms with E-state index < -0.39 is 11.6 Å². The number of benzene rings is 1. The molecule has 2 atom stereocenters. The second-order valence-corrected chi connectivity index (χ2v) is 6.01. The molecule has 2 nitrogen and oxygen atoms in total. The van der Waals surface area contributed by atoms with Gasteiger partial charge in [0.1, 0.15) is 11.6 Å². The van der Waals surface area contributed by atoms with Crippen molar-refractivity contribution >= 4 is 27.5 Å². The molecule has 2 saturated carbocycles. The van der Waals surface area contributed by atoms with Crippen LogP contribution in [0.25, 0.3) is 0 Å². The van der Waals surface area contributed by atoms with Crippen LogP contribution >= 0.6 is 15.9 Å². The lowest BCUT2D eigenvalue weighted by Crippen LogP contribution is -2.22. The first-order chi connectivity index (χ1) is 8.54. The minimum atomic E-state index is -0.625. The van der Waals surface area contributed by atoms with Gasteiger partial charge >= 0.3 is 0 Å². The number of anilines is 1. The summed E-state index contributed by atoms with van der Waals surface area (Å²) < 4.78 is 26.9. The van der Waals surface area contributed by atoms with E-state index in [1.807, 2.05) is 0 Å². The van der Waals surface area contributed by atoms with Crippen LogP contribution in [0.4, 0.5) is 14.5 Å². The Morgan fingerprint density at radius 2 is 1.83 bits per heavy atom. The second-order valence-electron chi connectivity index (χ2n) is 5.16. The molecule has 0 saturated heterocycles. The molecule has 2 unspecified atom stereocenters. The van der Waals surface area contributed by atoms with Crippen LogP contribution in [0, 0.1) is 29.4 Å². The molecule has 0 spiro atoms. The van der Waals surface area contributed by atoms with Gasteiger partial charge in [-0.2, -0.15) is 0 Å². The molecule has 1 aromatic rings. The minimum Gasteiger partial charge on any atom is -0.323 e. The normalized spacial score (nSPS) is 28.9. The highest BCUT2D eigenvalue weighted by Crippen LogP contribution is 2.54. The fourth-order valence-corrected chi connectivity index (χ4v) is 3.10. The van der Waals surface area contributed by atoms with E-state index in [0.29, 0.717) is 11.8 Å². The summed E-state index contributed by atoms with van der Waals surface area (Å²) >= 11 is 2.90. The topological polar surface area (TPSA) is 29.1 Å². The number of rotatable bonds is 2. The maximum atomic E-state index is 13.6. The lowest BCUT2D eigenvalue weighted by atomic mass is 10.0. The molecule has 1 N–H and O–H groups in total. The Morgan fingerprint density at radius 3 is 2.50 bits per heavy atom. The molecule has 2 aliphatic carbocycles. The number of carbonyl (C=O) groups excluding carboxylic acids is 1. The highest BCUT2D eigenvalue weighted by Gasteiger charge is 2.48. The Hall–Kier alpha value is -0.970. The highest BCUT2D eigenvalue weighted by molar-refractivity contribution is 9.10. The van der Waals surface area contributed by atoms with Crippen molar-refractivity contribution < 1.29 is 13.6 Å². The smallest absolute Gasteiger partial charge is 0.227 e. The maximum absolute atomic E-state index is 13.6. The van der Waals surface area contributed by atoms with Gasteiger partial charge in [-0.15, -0.1) is 0 Å². The van der Waals surface area contributed by atoms with Crippen molar-refractivity contribution in [2.45, 2.75) is 19.3 Å². The Morgan fingerprint density at radius 1 is 1.17 bits per heavy atom. The lowest BCUT2D eigenvalue weighted by molar-refractivity contribution is -0.120. The van der Waals surface area contributed by atoms with Gasteiger partial charge in [-0.3, -0.25) is 4.79 Å². The van der Waals surface area contributed by atoms with Crippen molar-refractivity contribution in [3.05, 3.63) is 28.2 Å². The number of nitrogens with one attached hydrogen (secondary N) is 1. The summed E-state index contributed by atoms with van der Waals surface area (Å²) in [5.74, 6) is -0.0667. The Kier molecular flexibility index (Phi) is 2.88. The van der Waals surface area contributed by atoms with Crippen molar-refractivity contribution in [2.24, 2.45) is 17.8 Å². The SMILES string of the molecule is O=C(Nc1cc(F)c(Br)cc1F)C1CC2CC2C1. The third-order valence-electron chi connectivity index (χ3n) is 3.88. The molecule has 3 rings (SSSR count). The van der Waals surface area contributed by atoms with Crippen LogP contribution in [-0.2, 0) is 4.79 Å². The Balaban J connectivity index is 1.72. The maximum Gasteiger partial charge on any atom is 0.227 e. The summed E-state index contributed by atoms with van der Waals surface area (Å²) in [5.41, 5.74) is -0.0822. The molecule has 2 fully saturated rings. The van der Waals surface area contributed by atoms with Crippen molar-refractivity contribution in [2.75, 3.05) is 5.32 Å². The van der Waals surface area contributed by atoms with E-state index in [9.17, 15) is 13.6 Å². The quantitative estimate of drug-likeness (QED) is 0.828. The molecule has 96 valence electrons. The predicted molar refractivity (Wildman–Crippen MR) is 67.0 cm³/mol. The van der Waals surface area contributed by atoms with Gasteiger partial charge in [0.05, 0.1) is 10.2 Å². The molecular weight excluding hydrogens is 304 g/mol. The van der Waals surface area contributed by atoms with E-state index in [1.54, 1.807) is 0 Å². The van der Waals surface area contributed by atoms with E-state index in [1.165, 1.54) is 6.42 Å². The zero-order valence-electron chi connectivity index (χ0n) is 9.55. The van der Waals surface area contributed by atoms with Gasteiger partial charge in [-0.25, -0.2) is 8.78 Å². The first-order valence-corrected chi connectivity index (χ1v) is 6.79. The van der Waals surface area contributed by atoms with Crippen LogP contribution in [0.15, 0.2) is 16.6 Å². The van der Waals surface area contributed by atoms with Gasteiger partial charge in [0, 0.05) is 12.0 Å². The van der Waals surface area contributed by atoms with Gasteiger partial charge in [-0.1, -0.05) is 0 Å². The number of fused-ring (bicyclic) bond motifs is 1. The Bertz CT molecular complexity index is 510. The van der Waals surface area contributed by atoms with Gasteiger partial charge in [-0.05, 0) is 53.1 Å². The fourth-order valence-electron chi connectivity index (χ4n) is 2.78. The zero-order valence-corrected chi connectivity index (χ0v) is 11.1. The van der Waals surface area contributed by atoms with Crippen LogP contribution in [-0.4, -0.2) is 5.91 Å². The van der Waals surface area contributed by atoms with Crippen LogP contribution in [0.5, 0.6) is 0 Å². The number of hydrogen-bond acceptors (Lipinski definition) is 1. The average Bonchev–Trinajstić information content (AvgIpc) is 2.93. The van der Waals surface area contributed by atoms with E-state index in [2.05, 4.69) is 21.2 Å². The number of hydrogen-bond donors (Lipinski definition) is 1. The van der Waals surface area contributed by atoms with Crippen LogP contribution in [0.3, 0.4) is 0 Å². The van der Waals surface area contributed by atoms with E-state index in [4.69, 9.17) is 0 Å². The van der Waals surface area contributed by atoms with E-state index in [0.717, 1.165) is 25.0 Å². The van der Waals surface area contributed by atoms with E-state index in [-0.39, 0.29) is 22.0 Å². The average molecular weight is 316 g/mol. The lowest BCUT2D eigenvalue weighted by Gasteiger charge is -2.13. The molecule has 1 amide bonds. The van der Waals surface area contributed by atoms with Gasteiger partial charge in [0.2, 0.25) is 5.91 Å². The molecule has 1 aromatic carbocycles. The third-order valence-corrected chi connectivity index (χ3v) is 4.49. The monoisotopic (exact) mass is 315 g/mol. The number of amides is 1. The number of carbonyl (C=O) groups is 1. The summed E-state index contributed by atoms with van der Waals surface area (Å²) in [4.78, 5) is 11.9. The van der Waals surface area contributed by atoms with E-state index >= 15 is 0 Å². The Labute approximate surface area is 112 Å². The molecular formula is C13H12BrF2NO. The third kappa shape index (κ3) is 2.16. The summed E-state index contributed by atoms with van der Waals surface area (Å²) in [7, 11) is 0. The van der Waals surface area contributed by atoms with Crippen molar-refractivity contribution in [3.63, 3.8) is 0 Å².